The predicted molar refractivity (Wildman–Crippen MR) is 83.5 cm³/mol. The summed E-state index contributed by atoms with van der Waals surface area (Å²) in [5, 5.41) is 0. The minimum Gasteiger partial charge on any atom is -0.330 e. The Labute approximate surface area is 118 Å². The first-order valence-corrected chi connectivity index (χ1v) is 7.22. The van der Waals surface area contributed by atoms with Crippen LogP contribution in [0.2, 0.25) is 0 Å². The summed E-state index contributed by atoms with van der Waals surface area (Å²) in [7, 11) is 4.25. The van der Waals surface area contributed by atoms with Gasteiger partial charge in [0.15, 0.2) is 0 Å². The molecule has 1 aromatic carbocycles. The average molecular weight is 263 g/mol. The zero-order valence-electron chi connectivity index (χ0n) is 12.8. The van der Waals surface area contributed by atoms with Gasteiger partial charge in [0.25, 0.3) is 0 Å². The SMILES string of the molecule is CCN(CC(CN)c1ccccc1)C(C)CN(C)C. The van der Waals surface area contributed by atoms with Gasteiger partial charge in [-0.15, -0.1) is 0 Å². The van der Waals surface area contributed by atoms with Gasteiger partial charge in [-0.05, 0) is 33.1 Å². The summed E-state index contributed by atoms with van der Waals surface area (Å²) < 4.78 is 0. The van der Waals surface area contributed by atoms with Crippen molar-refractivity contribution in [1.82, 2.24) is 9.80 Å². The van der Waals surface area contributed by atoms with Crippen LogP contribution in [0, 0.1) is 0 Å². The van der Waals surface area contributed by atoms with E-state index < -0.39 is 0 Å². The molecule has 2 N–H and O–H groups in total. The van der Waals surface area contributed by atoms with Gasteiger partial charge in [-0.1, -0.05) is 37.3 Å². The summed E-state index contributed by atoms with van der Waals surface area (Å²) in [4.78, 5) is 4.76. The number of hydrogen-bond acceptors (Lipinski definition) is 3. The van der Waals surface area contributed by atoms with E-state index in [4.69, 9.17) is 5.73 Å². The Morgan fingerprint density at radius 1 is 1.11 bits per heavy atom. The fourth-order valence-corrected chi connectivity index (χ4v) is 2.59. The van der Waals surface area contributed by atoms with Crippen LogP contribution in [0.5, 0.6) is 0 Å². The molecule has 0 heterocycles. The van der Waals surface area contributed by atoms with Gasteiger partial charge in [0, 0.05) is 31.6 Å². The lowest BCUT2D eigenvalue weighted by atomic mass is 9.98. The summed E-state index contributed by atoms with van der Waals surface area (Å²) in [6.45, 7) is 8.41. The van der Waals surface area contributed by atoms with Crippen molar-refractivity contribution in [2.24, 2.45) is 5.73 Å². The molecular formula is C16H29N3. The van der Waals surface area contributed by atoms with Crippen LogP contribution in [-0.4, -0.2) is 56.1 Å². The smallest absolute Gasteiger partial charge is 0.0194 e. The van der Waals surface area contributed by atoms with Crippen LogP contribution >= 0.6 is 0 Å². The van der Waals surface area contributed by atoms with Crippen molar-refractivity contribution in [3.63, 3.8) is 0 Å². The second-order valence-electron chi connectivity index (χ2n) is 5.54. The standard InChI is InChI=1S/C16H29N3/c1-5-19(14(2)12-18(3)4)13-16(11-17)15-9-7-6-8-10-15/h6-10,14,16H,5,11-13,17H2,1-4H3. The first kappa shape index (κ1) is 16.2. The minimum atomic E-state index is 0.422. The molecule has 0 spiro atoms. The van der Waals surface area contributed by atoms with Crippen LogP contribution in [0.25, 0.3) is 0 Å². The Morgan fingerprint density at radius 3 is 2.21 bits per heavy atom. The molecule has 0 aliphatic rings. The molecule has 2 unspecified atom stereocenters. The molecule has 0 aliphatic carbocycles. The van der Waals surface area contributed by atoms with Crippen molar-refractivity contribution >= 4 is 0 Å². The van der Waals surface area contributed by atoms with E-state index >= 15 is 0 Å². The van der Waals surface area contributed by atoms with E-state index in [1.165, 1.54) is 5.56 Å². The maximum Gasteiger partial charge on any atom is 0.0194 e. The molecule has 0 saturated carbocycles. The average Bonchev–Trinajstić information content (AvgIpc) is 2.40. The van der Waals surface area contributed by atoms with Crippen LogP contribution in [0.15, 0.2) is 30.3 Å². The molecule has 0 amide bonds. The van der Waals surface area contributed by atoms with Gasteiger partial charge in [-0.2, -0.15) is 0 Å². The molecule has 0 saturated heterocycles. The number of rotatable bonds is 8. The third-order valence-corrected chi connectivity index (χ3v) is 3.67. The predicted octanol–water partition coefficient (Wildman–Crippen LogP) is 2.00. The van der Waals surface area contributed by atoms with E-state index in [0.29, 0.717) is 18.5 Å². The molecule has 19 heavy (non-hydrogen) atoms. The summed E-state index contributed by atoms with van der Waals surface area (Å²) >= 11 is 0. The van der Waals surface area contributed by atoms with Gasteiger partial charge in [-0.3, -0.25) is 4.90 Å². The molecule has 0 aromatic heterocycles. The minimum absolute atomic E-state index is 0.422. The molecule has 3 nitrogen and oxygen atoms in total. The molecular weight excluding hydrogens is 234 g/mol. The highest BCUT2D eigenvalue weighted by Crippen LogP contribution is 2.17. The molecule has 1 rings (SSSR count). The number of benzene rings is 1. The number of hydrogen-bond donors (Lipinski definition) is 1. The van der Waals surface area contributed by atoms with Gasteiger partial charge in [0.1, 0.15) is 0 Å². The van der Waals surface area contributed by atoms with Gasteiger partial charge in [0.2, 0.25) is 0 Å². The molecule has 2 atom stereocenters. The third kappa shape index (κ3) is 5.31. The second kappa shape index (κ2) is 8.31. The lowest BCUT2D eigenvalue weighted by Crippen LogP contribution is -2.43. The largest absolute Gasteiger partial charge is 0.330 e. The molecule has 3 heteroatoms. The Balaban J connectivity index is 2.67. The van der Waals surface area contributed by atoms with E-state index in [-0.39, 0.29) is 0 Å². The topological polar surface area (TPSA) is 32.5 Å². The summed E-state index contributed by atoms with van der Waals surface area (Å²) in [6.07, 6.45) is 0. The van der Waals surface area contributed by atoms with Crippen LogP contribution in [-0.2, 0) is 0 Å². The molecule has 1 aromatic rings. The lowest BCUT2D eigenvalue weighted by Gasteiger charge is -2.33. The van der Waals surface area contributed by atoms with Gasteiger partial charge in [0.05, 0.1) is 0 Å². The monoisotopic (exact) mass is 263 g/mol. The zero-order chi connectivity index (χ0) is 14.3. The molecule has 0 radical (unpaired) electrons. The Morgan fingerprint density at radius 2 is 1.74 bits per heavy atom. The highest BCUT2D eigenvalue weighted by atomic mass is 15.2. The number of nitrogens with two attached hydrogens (primary N) is 1. The summed E-state index contributed by atoms with van der Waals surface area (Å²) in [5.41, 5.74) is 7.32. The summed E-state index contributed by atoms with van der Waals surface area (Å²) in [6, 6.07) is 11.2. The Hall–Kier alpha value is -0.900. The van der Waals surface area contributed by atoms with E-state index in [9.17, 15) is 0 Å². The normalized spacial score (nSPS) is 14.9. The zero-order valence-corrected chi connectivity index (χ0v) is 12.8. The van der Waals surface area contributed by atoms with Crippen LogP contribution in [0.1, 0.15) is 25.3 Å². The van der Waals surface area contributed by atoms with E-state index in [0.717, 1.165) is 19.6 Å². The highest BCUT2D eigenvalue weighted by Gasteiger charge is 2.18. The van der Waals surface area contributed by atoms with Gasteiger partial charge in [-0.25, -0.2) is 0 Å². The van der Waals surface area contributed by atoms with Crippen molar-refractivity contribution in [2.45, 2.75) is 25.8 Å². The van der Waals surface area contributed by atoms with Crippen LogP contribution < -0.4 is 5.73 Å². The van der Waals surface area contributed by atoms with Crippen molar-refractivity contribution in [3.05, 3.63) is 35.9 Å². The van der Waals surface area contributed by atoms with Gasteiger partial charge < -0.3 is 10.6 Å². The molecule has 0 bridgehead atoms. The van der Waals surface area contributed by atoms with Crippen molar-refractivity contribution < 1.29 is 0 Å². The number of nitrogens with zero attached hydrogens (tertiary/aromatic N) is 2. The van der Waals surface area contributed by atoms with Crippen LogP contribution in [0.3, 0.4) is 0 Å². The maximum absolute atomic E-state index is 5.97. The lowest BCUT2D eigenvalue weighted by molar-refractivity contribution is 0.172. The van der Waals surface area contributed by atoms with E-state index in [1.807, 2.05) is 0 Å². The van der Waals surface area contributed by atoms with E-state index in [2.05, 4.69) is 68.1 Å². The fourth-order valence-electron chi connectivity index (χ4n) is 2.59. The quantitative estimate of drug-likeness (QED) is 0.778. The Bertz CT molecular complexity index is 337. The van der Waals surface area contributed by atoms with Crippen molar-refractivity contribution in [2.75, 3.05) is 40.3 Å². The summed E-state index contributed by atoms with van der Waals surface area (Å²) in [5.74, 6) is 0.422. The highest BCUT2D eigenvalue weighted by molar-refractivity contribution is 5.20. The number of likely N-dealkylation sites (N-methyl/N-ethyl adjacent to an activating group) is 2. The van der Waals surface area contributed by atoms with E-state index in [1.54, 1.807) is 0 Å². The molecule has 108 valence electrons. The third-order valence-electron chi connectivity index (χ3n) is 3.67. The molecule has 0 aliphatic heterocycles. The van der Waals surface area contributed by atoms with Crippen molar-refractivity contribution in [3.8, 4) is 0 Å². The molecule has 0 fully saturated rings. The second-order valence-corrected chi connectivity index (χ2v) is 5.54. The van der Waals surface area contributed by atoms with Gasteiger partial charge >= 0.3 is 0 Å². The fraction of sp³-hybridized carbons (Fsp3) is 0.625. The first-order valence-electron chi connectivity index (χ1n) is 7.22. The van der Waals surface area contributed by atoms with Crippen LogP contribution in [0.4, 0.5) is 0 Å². The van der Waals surface area contributed by atoms with Crippen molar-refractivity contribution in [1.29, 1.82) is 0 Å². The Kier molecular flexibility index (Phi) is 7.06. The first-order chi connectivity index (χ1) is 9.08. The maximum atomic E-state index is 5.97.